The van der Waals surface area contributed by atoms with Gasteiger partial charge in [0.05, 0.1) is 0 Å². The predicted molar refractivity (Wildman–Crippen MR) is 82.0 cm³/mol. The Morgan fingerprint density at radius 3 is 2.50 bits per heavy atom. The SMILES string of the molecule is CCNc1cc(C2CC2)nc(C(OCC)C(C)(C)C)n1. The number of aromatic nitrogens is 2. The summed E-state index contributed by atoms with van der Waals surface area (Å²) < 4.78 is 5.93. The molecule has 1 aliphatic carbocycles. The minimum Gasteiger partial charge on any atom is -0.370 e. The normalized spacial score (nSPS) is 17.1. The monoisotopic (exact) mass is 277 g/mol. The van der Waals surface area contributed by atoms with Crippen molar-refractivity contribution in [1.29, 1.82) is 0 Å². The quantitative estimate of drug-likeness (QED) is 0.856. The Morgan fingerprint density at radius 1 is 1.30 bits per heavy atom. The molecule has 4 nitrogen and oxygen atoms in total. The van der Waals surface area contributed by atoms with Crippen molar-refractivity contribution in [3.05, 3.63) is 17.6 Å². The average Bonchev–Trinajstić information content (AvgIpc) is 3.18. The van der Waals surface area contributed by atoms with Crippen molar-refractivity contribution >= 4 is 5.82 Å². The van der Waals surface area contributed by atoms with Crippen LogP contribution in [0.3, 0.4) is 0 Å². The first-order valence-electron chi connectivity index (χ1n) is 7.70. The molecule has 112 valence electrons. The number of hydrogen-bond acceptors (Lipinski definition) is 4. The fraction of sp³-hybridized carbons (Fsp3) is 0.750. The van der Waals surface area contributed by atoms with Gasteiger partial charge in [0.1, 0.15) is 11.9 Å². The first-order valence-corrected chi connectivity index (χ1v) is 7.70. The van der Waals surface area contributed by atoms with E-state index >= 15 is 0 Å². The summed E-state index contributed by atoms with van der Waals surface area (Å²) in [5, 5.41) is 3.31. The van der Waals surface area contributed by atoms with E-state index in [1.54, 1.807) is 0 Å². The van der Waals surface area contributed by atoms with Gasteiger partial charge in [-0.2, -0.15) is 0 Å². The van der Waals surface area contributed by atoms with Crippen molar-refractivity contribution < 1.29 is 4.74 Å². The van der Waals surface area contributed by atoms with Crippen LogP contribution < -0.4 is 5.32 Å². The second-order valence-electron chi connectivity index (χ2n) is 6.54. The summed E-state index contributed by atoms with van der Waals surface area (Å²) in [6.45, 7) is 12.2. The van der Waals surface area contributed by atoms with Gasteiger partial charge in [0.25, 0.3) is 0 Å². The molecule has 0 spiro atoms. The summed E-state index contributed by atoms with van der Waals surface area (Å²) in [5.74, 6) is 2.37. The van der Waals surface area contributed by atoms with Crippen molar-refractivity contribution in [1.82, 2.24) is 9.97 Å². The van der Waals surface area contributed by atoms with E-state index < -0.39 is 0 Å². The highest BCUT2D eigenvalue weighted by atomic mass is 16.5. The second-order valence-corrected chi connectivity index (χ2v) is 6.54. The summed E-state index contributed by atoms with van der Waals surface area (Å²) in [4.78, 5) is 9.46. The highest BCUT2D eigenvalue weighted by Gasteiger charge is 2.32. The summed E-state index contributed by atoms with van der Waals surface area (Å²) in [6.07, 6.45) is 2.43. The molecule has 1 unspecified atom stereocenters. The zero-order chi connectivity index (χ0) is 14.8. The Labute approximate surface area is 122 Å². The molecule has 1 N–H and O–H groups in total. The molecule has 0 aromatic carbocycles. The molecule has 0 aliphatic heterocycles. The smallest absolute Gasteiger partial charge is 0.160 e. The minimum absolute atomic E-state index is 0.0122. The maximum atomic E-state index is 5.93. The van der Waals surface area contributed by atoms with Crippen LogP contribution in [0, 0.1) is 5.41 Å². The van der Waals surface area contributed by atoms with Crippen LogP contribution in [0.2, 0.25) is 0 Å². The van der Waals surface area contributed by atoms with E-state index in [0.29, 0.717) is 12.5 Å². The number of rotatable bonds is 6. The third kappa shape index (κ3) is 3.69. The Bertz CT molecular complexity index is 450. The van der Waals surface area contributed by atoms with E-state index in [9.17, 15) is 0 Å². The Balaban J connectivity index is 2.36. The molecule has 0 bridgehead atoms. The van der Waals surface area contributed by atoms with Crippen LogP contribution >= 0.6 is 0 Å². The van der Waals surface area contributed by atoms with E-state index in [1.807, 2.05) is 6.92 Å². The van der Waals surface area contributed by atoms with E-state index in [0.717, 1.165) is 18.2 Å². The van der Waals surface area contributed by atoms with Crippen LogP contribution in [0.5, 0.6) is 0 Å². The topological polar surface area (TPSA) is 47.0 Å². The Morgan fingerprint density at radius 2 is 2.00 bits per heavy atom. The van der Waals surface area contributed by atoms with Crippen LogP contribution in [0.15, 0.2) is 6.07 Å². The van der Waals surface area contributed by atoms with Gasteiger partial charge in [-0.05, 0) is 32.1 Å². The molecule has 20 heavy (non-hydrogen) atoms. The molecule has 1 aromatic heterocycles. The third-order valence-electron chi connectivity index (χ3n) is 3.47. The van der Waals surface area contributed by atoms with E-state index in [1.165, 1.54) is 18.5 Å². The van der Waals surface area contributed by atoms with Crippen LogP contribution in [-0.4, -0.2) is 23.1 Å². The lowest BCUT2D eigenvalue weighted by atomic mass is 9.88. The molecule has 4 heteroatoms. The van der Waals surface area contributed by atoms with Crippen LogP contribution in [0.25, 0.3) is 0 Å². The predicted octanol–water partition coefficient (Wildman–Crippen LogP) is 3.91. The molecule has 1 heterocycles. The van der Waals surface area contributed by atoms with Crippen LogP contribution in [0.4, 0.5) is 5.82 Å². The summed E-state index contributed by atoms with van der Waals surface area (Å²) in [6, 6.07) is 2.09. The van der Waals surface area contributed by atoms with Gasteiger partial charge in [-0.25, -0.2) is 9.97 Å². The van der Waals surface area contributed by atoms with Gasteiger partial charge in [0.2, 0.25) is 0 Å². The molecular formula is C16H27N3O. The number of nitrogens with one attached hydrogen (secondary N) is 1. The lowest BCUT2D eigenvalue weighted by Crippen LogP contribution is -2.24. The lowest BCUT2D eigenvalue weighted by molar-refractivity contribution is -0.0191. The summed E-state index contributed by atoms with van der Waals surface area (Å²) >= 11 is 0. The second kappa shape index (κ2) is 6.08. The molecular weight excluding hydrogens is 250 g/mol. The first-order chi connectivity index (χ1) is 9.45. The van der Waals surface area contributed by atoms with Crippen LogP contribution in [-0.2, 0) is 4.74 Å². The van der Waals surface area contributed by atoms with Gasteiger partial charge in [0.15, 0.2) is 5.82 Å². The Kier molecular flexibility index (Phi) is 4.63. The fourth-order valence-electron chi connectivity index (χ4n) is 2.34. The largest absolute Gasteiger partial charge is 0.370 e. The standard InChI is InChI=1S/C16H27N3O/c1-6-17-13-10-12(11-8-9-11)18-15(19-13)14(20-7-2)16(3,4)5/h10-11,14H,6-9H2,1-5H3,(H,17,18,19). The maximum Gasteiger partial charge on any atom is 0.160 e. The first kappa shape index (κ1) is 15.2. The van der Waals surface area contributed by atoms with Crippen molar-refractivity contribution in [2.75, 3.05) is 18.5 Å². The number of anilines is 1. The Hall–Kier alpha value is -1.16. The van der Waals surface area contributed by atoms with Gasteiger partial charge in [-0.3, -0.25) is 0 Å². The summed E-state index contributed by atoms with van der Waals surface area (Å²) in [7, 11) is 0. The van der Waals surface area contributed by atoms with Gasteiger partial charge < -0.3 is 10.1 Å². The zero-order valence-corrected chi connectivity index (χ0v) is 13.4. The molecule has 1 saturated carbocycles. The molecule has 1 aromatic rings. The van der Waals surface area contributed by atoms with Crippen molar-refractivity contribution in [2.45, 2.75) is 59.5 Å². The average molecular weight is 277 g/mol. The van der Waals surface area contributed by atoms with Gasteiger partial charge in [0, 0.05) is 30.8 Å². The van der Waals surface area contributed by atoms with Gasteiger partial charge in [-0.15, -0.1) is 0 Å². The van der Waals surface area contributed by atoms with Crippen molar-refractivity contribution in [3.63, 3.8) is 0 Å². The summed E-state index contributed by atoms with van der Waals surface area (Å²) in [5.41, 5.74) is 1.15. The van der Waals surface area contributed by atoms with E-state index in [4.69, 9.17) is 9.72 Å². The van der Waals surface area contributed by atoms with Crippen molar-refractivity contribution in [2.24, 2.45) is 5.41 Å². The highest BCUT2D eigenvalue weighted by molar-refractivity contribution is 5.38. The number of nitrogens with zero attached hydrogens (tertiary/aromatic N) is 2. The molecule has 2 rings (SSSR count). The van der Waals surface area contributed by atoms with Gasteiger partial charge in [-0.1, -0.05) is 20.8 Å². The molecule has 0 amide bonds. The number of ether oxygens (including phenoxy) is 1. The third-order valence-corrected chi connectivity index (χ3v) is 3.47. The van der Waals surface area contributed by atoms with Crippen molar-refractivity contribution in [3.8, 4) is 0 Å². The number of hydrogen-bond donors (Lipinski definition) is 1. The van der Waals surface area contributed by atoms with E-state index in [2.05, 4.69) is 44.1 Å². The molecule has 0 saturated heterocycles. The van der Waals surface area contributed by atoms with Crippen LogP contribution in [0.1, 0.15) is 71.0 Å². The molecule has 0 radical (unpaired) electrons. The molecule has 1 fully saturated rings. The zero-order valence-electron chi connectivity index (χ0n) is 13.4. The molecule has 1 atom stereocenters. The maximum absolute atomic E-state index is 5.93. The lowest BCUT2D eigenvalue weighted by Gasteiger charge is -2.29. The molecule has 1 aliphatic rings. The highest BCUT2D eigenvalue weighted by Crippen LogP contribution is 2.41. The van der Waals surface area contributed by atoms with E-state index in [-0.39, 0.29) is 11.5 Å². The van der Waals surface area contributed by atoms with Gasteiger partial charge >= 0.3 is 0 Å². The minimum atomic E-state index is -0.0661. The fourth-order valence-corrected chi connectivity index (χ4v) is 2.34.